The first-order valence-corrected chi connectivity index (χ1v) is 6.84. The van der Waals surface area contributed by atoms with Crippen LogP contribution in [0.25, 0.3) is 0 Å². The fourth-order valence-corrected chi connectivity index (χ4v) is 1.45. The molecule has 0 bridgehead atoms. The second-order valence-corrected chi connectivity index (χ2v) is 9.08. The van der Waals surface area contributed by atoms with Crippen molar-refractivity contribution in [1.29, 1.82) is 0 Å². The molecule has 0 aliphatic carbocycles. The van der Waals surface area contributed by atoms with Crippen LogP contribution < -0.4 is 29.6 Å². The van der Waals surface area contributed by atoms with Gasteiger partial charge in [-0.3, -0.25) is 4.79 Å². The third kappa shape index (κ3) is 11.5. The number of carbonyl (C=O) groups is 1. The molecular formula is C6H15NaO2Si. The van der Waals surface area contributed by atoms with Crippen LogP contribution in [-0.4, -0.2) is 19.1 Å². The molecule has 0 radical (unpaired) electrons. The Morgan fingerprint density at radius 3 is 2.00 bits per heavy atom. The Balaban J connectivity index is -0.000000320. The van der Waals surface area contributed by atoms with E-state index in [1.54, 1.807) is 0 Å². The predicted molar refractivity (Wildman–Crippen MR) is 41.5 cm³/mol. The van der Waals surface area contributed by atoms with Crippen molar-refractivity contribution in [2.75, 3.05) is 0 Å². The molecule has 0 rings (SSSR count). The second-order valence-electron chi connectivity index (χ2n) is 3.45. The van der Waals surface area contributed by atoms with E-state index in [0.29, 0.717) is 6.42 Å². The fourth-order valence-electron chi connectivity index (χ4n) is 0.482. The van der Waals surface area contributed by atoms with E-state index in [9.17, 15) is 4.79 Å². The van der Waals surface area contributed by atoms with Crippen LogP contribution >= 0.6 is 0 Å². The first-order chi connectivity index (χ1) is 3.92. The predicted octanol–water partition coefficient (Wildman–Crippen LogP) is -1.08. The summed E-state index contributed by atoms with van der Waals surface area (Å²) >= 11 is 0. The third-order valence-electron chi connectivity index (χ3n) is 1.09. The molecule has 0 saturated heterocycles. The van der Waals surface area contributed by atoms with Crippen LogP contribution in [-0.2, 0) is 4.79 Å². The van der Waals surface area contributed by atoms with Crippen LogP contribution in [0, 0.1) is 0 Å². The average molecular weight is 170 g/mol. The Labute approximate surface area is 86.8 Å². The zero-order valence-electron chi connectivity index (χ0n) is 8.27. The monoisotopic (exact) mass is 170 g/mol. The SMILES string of the molecule is C[Si](C)(C)CCC(=O)O.[H-].[Na+]. The smallest absolute Gasteiger partial charge is 1.00 e. The van der Waals surface area contributed by atoms with Crippen molar-refractivity contribution in [1.82, 2.24) is 0 Å². The Hall–Kier alpha value is 0.687. The molecule has 4 heteroatoms. The third-order valence-corrected chi connectivity index (χ3v) is 2.84. The largest absolute Gasteiger partial charge is 1.00 e. The number of carboxylic acids is 1. The van der Waals surface area contributed by atoms with Crippen LogP contribution in [0.5, 0.6) is 0 Å². The van der Waals surface area contributed by atoms with E-state index in [2.05, 4.69) is 19.6 Å². The maximum absolute atomic E-state index is 10.1. The van der Waals surface area contributed by atoms with E-state index in [4.69, 9.17) is 5.11 Å². The minimum atomic E-state index is -1.10. The molecule has 0 aromatic carbocycles. The minimum absolute atomic E-state index is 0. The summed E-state index contributed by atoms with van der Waals surface area (Å²) in [4.78, 5) is 10.1. The van der Waals surface area contributed by atoms with Crippen molar-refractivity contribution >= 4 is 14.0 Å². The zero-order chi connectivity index (χ0) is 7.49. The first kappa shape index (κ1) is 13.3. The van der Waals surface area contributed by atoms with E-state index in [1.165, 1.54) is 0 Å². The molecule has 0 amide bonds. The molecule has 0 saturated carbocycles. The van der Waals surface area contributed by atoms with Gasteiger partial charge in [0.1, 0.15) is 0 Å². The van der Waals surface area contributed by atoms with E-state index in [0.717, 1.165) is 6.04 Å². The molecule has 10 heavy (non-hydrogen) atoms. The van der Waals surface area contributed by atoms with Gasteiger partial charge in [0.15, 0.2) is 0 Å². The minimum Gasteiger partial charge on any atom is -1.00 e. The molecule has 0 aliphatic rings. The van der Waals surface area contributed by atoms with Gasteiger partial charge < -0.3 is 6.53 Å². The van der Waals surface area contributed by atoms with Crippen molar-refractivity contribution in [3.63, 3.8) is 0 Å². The van der Waals surface area contributed by atoms with Gasteiger partial charge in [-0.2, -0.15) is 0 Å². The van der Waals surface area contributed by atoms with Gasteiger partial charge in [-0.15, -0.1) is 0 Å². The molecule has 1 N–H and O–H groups in total. The standard InChI is InChI=1S/C6H14O2Si.Na.H/c1-9(2,3)5-4-6(7)8;;/h4-5H2,1-3H3,(H,7,8);;/q;+1;-1. The van der Waals surface area contributed by atoms with Crippen molar-refractivity contribution in [3.8, 4) is 0 Å². The summed E-state index contributed by atoms with van der Waals surface area (Å²) in [7, 11) is -1.10. The number of carboxylic acid groups (broad SMARTS) is 1. The molecule has 0 atom stereocenters. The summed E-state index contributed by atoms with van der Waals surface area (Å²) in [6.45, 7) is 6.53. The zero-order valence-corrected chi connectivity index (χ0v) is 10.3. The summed E-state index contributed by atoms with van der Waals surface area (Å²) in [6, 6.07) is 0.891. The number of hydrogen-bond donors (Lipinski definition) is 1. The maximum atomic E-state index is 10.1. The first-order valence-electron chi connectivity index (χ1n) is 3.13. The number of rotatable bonds is 3. The summed E-state index contributed by atoms with van der Waals surface area (Å²) in [5.41, 5.74) is 0. The molecule has 0 fully saturated rings. The fraction of sp³-hybridized carbons (Fsp3) is 0.833. The molecule has 0 aromatic heterocycles. The Morgan fingerprint density at radius 1 is 1.50 bits per heavy atom. The van der Waals surface area contributed by atoms with Gasteiger partial charge in [-0.1, -0.05) is 19.6 Å². The van der Waals surface area contributed by atoms with Crippen LogP contribution in [0.4, 0.5) is 0 Å². The van der Waals surface area contributed by atoms with Crippen molar-refractivity contribution in [2.24, 2.45) is 0 Å². The van der Waals surface area contributed by atoms with E-state index in [-0.39, 0.29) is 31.0 Å². The maximum Gasteiger partial charge on any atom is 1.00 e. The summed E-state index contributed by atoms with van der Waals surface area (Å²) in [6.07, 6.45) is 0.343. The van der Waals surface area contributed by atoms with Crippen molar-refractivity contribution in [2.45, 2.75) is 32.1 Å². The van der Waals surface area contributed by atoms with E-state index in [1.807, 2.05) is 0 Å². The normalized spacial score (nSPS) is 10.3. The van der Waals surface area contributed by atoms with Crippen molar-refractivity contribution in [3.05, 3.63) is 0 Å². The van der Waals surface area contributed by atoms with Gasteiger partial charge in [-0.25, -0.2) is 0 Å². The Bertz CT molecular complexity index is 114. The van der Waals surface area contributed by atoms with E-state index < -0.39 is 14.0 Å². The molecule has 0 aliphatic heterocycles. The molecule has 0 heterocycles. The molecule has 0 aromatic rings. The number of hydrogen-bond acceptors (Lipinski definition) is 1. The van der Waals surface area contributed by atoms with Crippen molar-refractivity contribution < 1.29 is 40.9 Å². The Kier molecular flexibility index (Phi) is 7.11. The van der Waals surface area contributed by atoms with Crippen LogP contribution in [0.1, 0.15) is 7.85 Å². The van der Waals surface area contributed by atoms with Gasteiger partial charge in [0, 0.05) is 14.5 Å². The van der Waals surface area contributed by atoms with Crippen LogP contribution in [0.2, 0.25) is 25.7 Å². The topological polar surface area (TPSA) is 37.3 Å². The molecule has 56 valence electrons. The molecular weight excluding hydrogens is 155 g/mol. The Morgan fingerprint density at radius 2 is 1.90 bits per heavy atom. The van der Waals surface area contributed by atoms with E-state index >= 15 is 0 Å². The molecule has 0 spiro atoms. The van der Waals surface area contributed by atoms with Gasteiger partial charge in [0.25, 0.3) is 0 Å². The summed E-state index contributed by atoms with van der Waals surface area (Å²) in [5.74, 6) is -0.669. The number of aliphatic carboxylic acids is 1. The van der Waals surface area contributed by atoms with Crippen LogP contribution in [0.15, 0.2) is 0 Å². The van der Waals surface area contributed by atoms with Gasteiger partial charge in [0.05, 0.1) is 0 Å². The quantitative estimate of drug-likeness (QED) is 0.547. The molecule has 2 nitrogen and oxygen atoms in total. The van der Waals surface area contributed by atoms with Crippen LogP contribution in [0.3, 0.4) is 0 Å². The van der Waals surface area contributed by atoms with Gasteiger partial charge in [-0.05, 0) is 6.04 Å². The summed E-state index contributed by atoms with van der Waals surface area (Å²) in [5, 5.41) is 8.30. The summed E-state index contributed by atoms with van der Waals surface area (Å²) < 4.78 is 0. The average Bonchev–Trinajstić information content (AvgIpc) is 1.59. The van der Waals surface area contributed by atoms with Gasteiger partial charge in [0.2, 0.25) is 0 Å². The van der Waals surface area contributed by atoms with Gasteiger partial charge >= 0.3 is 35.5 Å². The second kappa shape index (κ2) is 5.35. The molecule has 0 unspecified atom stereocenters.